The molecule has 21 heavy (non-hydrogen) atoms. The van der Waals surface area contributed by atoms with Gasteiger partial charge in [0.15, 0.2) is 9.84 Å². The molecule has 0 amide bonds. The van der Waals surface area contributed by atoms with Crippen LogP contribution >= 0.6 is 0 Å². The van der Waals surface area contributed by atoms with E-state index >= 15 is 0 Å². The van der Waals surface area contributed by atoms with Crippen LogP contribution < -0.4 is 5.73 Å². The standard InChI is InChI=1S/C15H22FNO3S/c1-3-20-10-15(9-17)13(14(15)21(18,19)4-2)11-5-7-12(16)8-6-11/h5-8,13-14H,3-4,9-10,17H2,1-2H3/t13-,14+,15-/m1/s1. The molecule has 2 rings (SSSR count). The molecule has 6 heteroatoms. The molecule has 0 aliphatic heterocycles. The van der Waals surface area contributed by atoms with Crippen molar-refractivity contribution in [2.75, 3.05) is 25.5 Å². The second kappa shape index (κ2) is 6.02. The number of ether oxygens (including phenoxy) is 1. The Kier molecular flexibility index (Phi) is 4.70. The fourth-order valence-electron chi connectivity index (χ4n) is 3.14. The van der Waals surface area contributed by atoms with Crippen LogP contribution in [-0.2, 0) is 14.6 Å². The van der Waals surface area contributed by atoms with E-state index in [0.717, 1.165) is 5.56 Å². The van der Waals surface area contributed by atoms with Crippen molar-refractivity contribution in [2.45, 2.75) is 25.0 Å². The smallest absolute Gasteiger partial charge is 0.154 e. The lowest BCUT2D eigenvalue weighted by Gasteiger charge is -2.15. The maximum Gasteiger partial charge on any atom is 0.154 e. The summed E-state index contributed by atoms with van der Waals surface area (Å²) in [5.74, 6) is -0.486. The topological polar surface area (TPSA) is 69.4 Å². The number of halogens is 1. The van der Waals surface area contributed by atoms with E-state index in [1.807, 2.05) is 6.92 Å². The van der Waals surface area contributed by atoms with Crippen LogP contribution in [-0.4, -0.2) is 39.2 Å². The SMILES string of the molecule is CCOC[C@]1(CN)[C@H](c2ccc(F)cc2)[C@@H]1S(=O)(=O)CC. The Hall–Kier alpha value is -0.980. The van der Waals surface area contributed by atoms with Crippen molar-refractivity contribution < 1.29 is 17.5 Å². The van der Waals surface area contributed by atoms with Gasteiger partial charge in [0.2, 0.25) is 0 Å². The first-order valence-corrected chi connectivity index (χ1v) is 8.89. The predicted molar refractivity (Wildman–Crippen MR) is 80.4 cm³/mol. The molecule has 1 aliphatic carbocycles. The summed E-state index contributed by atoms with van der Waals surface area (Å²) in [6.07, 6.45) is 0. The first-order valence-electron chi connectivity index (χ1n) is 7.17. The minimum atomic E-state index is -3.24. The zero-order valence-electron chi connectivity index (χ0n) is 12.4. The van der Waals surface area contributed by atoms with E-state index < -0.39 is 20.5 Å². The Bertz CT molecular complexity index is 587. The van der Waals surface area contributed by atoms with Gasteiger partial charge in [-0.2, -0.15) is 0 Å². The zero-order valence-corrected chi connectivity index (χ0v) is 13.2. The van der Waals surface area contributed by atoms with Gasteiger partial charge in [0.1, 0.15) is 5.82 Å². The predicted octanol–water partition coefficient (Wildman–Crippen LogP) is 1.71. The summed E-state index contributed by atoms with van der Waals surface area (Å²) in [4.78, 5) is 0. The van der Waals surface area contributed by atoms with Crippen LogP contribution in [0.15, 0.2) is 24.3 Å². The van der Waals surface area contributed by atoms with E-state index in [1.54, 1.807) is 19.1 Å². The average Bonchev–Trinajstić information content (AvgIpc) is 3.16. The highest BCUT2D eigenvalue weighted by atomic mass is 32.2. The van der Waals surface area contributed by atoms with E-state index in [0.29, 0.717) is 13.2 Å². The van der Waals surface area contributed by atoms with E-state index in [2.05, 4.69) is 0 Å². The molecule has 4 nitrogen and oxygen atoms in total. The van der Waals surface area contributed by atoms with E-state index in [-0.39, 0.29) is 24.0 Å². The second-order valence-electron chi connectivity index (χ2n) is 5.48. The van der Waals surface area contributed by atoms with Crippen molar-refractivity contribution in [3.05, 3.63) is 35.6 Å². The van der Waals surface area contributed by atoms with E-state index in [4.69, 9.17) is 10.5 Å². The molecule has 1 aromatic carbocycles. The fraction of sp³-hybridized carbons (Fsp3) is 0.600. The molecule has 0 heterocycles. The van der Waals surface area contributed by atoms with Gasteiger partial charge in [-0.15, -0.1) is 0 Å². The van der Waals surface area contributed by atoms with Gasteiger partial charge in [-0.25, -0.2) is 12.8 Å². The van der Waals surface area contributed by atoms with Gasteiger partial charge in [-0.05, 0) is 24.6 Å². The largest absolute Gasteiger partial charge is 0.381 e. The quantitative estimate of drug-likeness (QED) is 0.831. The fourth-order valence-corrected chi connectivity index (χ4v) is 5.29. The van der Waals surface area contributed by atoms with Crippen LogP contribution in [0.25, 0.3) is 0 Å². The highest BCUT2D eigenvalue weighted by Crippen LogP contribution is 2.62. The molecule has 0 spiro atoms. The highest BCUT2D eigenvalue weighted by Gasteiger charge is 2.69. The minimum absolute atomic E-state index is 0.0727. The Morgan fingerprint density at radius 3 is 2.38 bits per heavy atom. The number of benzene rings is 1. The summed E-state index contributed by atoms with van der Waals surface area (Å²) in [6, 6.07) is 5.99. The number of nitrogens with two attached hydrogens (primary N) is 1. The molecule has 1 fully saturated rings. The molecular weight excluding hydrogens is 293 g/mol. The third kappa shape index (κ3) is 2.84. The summed E-state index contributed by atoms with van der Waals surface area (Å²) in [5, 5.41) is -0.544. The van der Waals surface area contributed by atoms with Crippen LogP contribution in [0.1, 0.15) is 25.3 Å². The van der Waals surface area contributed by atoms with Crippen molar-refractivity contribution >= 4 is 9.84 Å². The van der Waals surface area contributed by atoms with Gasteiger partial charge in [0.05, 0.1) is 11.9 Å². The third-order valence-corrected chi connectivity index (χ3v) is 6.67. The summed E-state index contributed by atoms with van der Waals surface area (Å²) < 4.78 is 43.3. The zero-order chi connectivity index (χ0) is 15.7. The molecule has 1 saturated carbocycles. The molecule has 0 saturated heterocycles. The minimum Gasteiger partial charge on any atom is -0.381 e. The van der Waals surface area contributed by atoms with Crippen molar-refractivity contribution in [3.8, 4) is 0 Å². The number of sulfone groups is 1. The van der Waals surface area contributed by atoms with E-state index in [9.17, 15) is 12.8 Å². The Morgan fingerprint density at radius 1 is 1.29 bits per heavy atom. The maximum absolute atomic E-state index is 13.1. The molecule has 2 N–H and O–H groups in total. The monoisotopic (exact) mass is 315 g/mol. The molecule has 0 radical (unpaired) electrons. The number of rotatable bonds is 7. The Labute approximate surface area is 125 Å². The van der Waals surface area contributed by atoms with Crippen LogP contribution in [0.3, 0.4) is 0 Å². The molecule has 1 aliphatic rings. The molecule has 118 valence electrons. The van der Waals surface area contributed by atoms with Gasteiger partial charge in [-0.1, -0.05) is 19.1 Å². The lowest BCUT2D eigenvalue weighted by molar-refractivity contribution is 0.101. The first-order chi connectivity index (χ1) is 9.93. The van der Waals surface area contributed by atoms with Crippen LogP contribution in [0.5, 0.6) is 0 Å². The van der Waals surface area contributed by atoms with Crippen LogP contribution in [0.2, 0.25) is 0 Å². The van der Waals surface area contributed by atoms with Crippen molar-refractivity contribution in [2.24, 2.45) is 11.1 Å². The average molecular weight is 315 g/mol. The van der Waals surface area contributed by atoms with Gasteiger partial charge < -0.3 is 10.5 Å². The summed E-state index contributed by atoms with van der Waals surface area (Å²) in [5.41, 5.74) is 6.10. The summed E-state index contributed by atoms with van der Waals surface area (Å²) >= 11 is 0. The lowest BCUT2D eigenvalue weighted by Crippen LogP contribution is -2.29. The first kappa shape index (κ1) is 16.4. The molecule has 0 aromatic heterocycles. The van der Waals surface area contributed by atoms with Gasteiger partial charge in [0.25, 0.3) is 0 Å². The van der Waals surface area contributed by atoms with Crippen molar-refractivity contribution in [3.63, 3.8) is 0 Å². The molecule has 1 aromatic rings. The maximum atomic E-state index is 13.1. The van der Waals surface area contributed by atoms with Crippen molar-refractivity contribution in [1.29, 1.82) is 0 Å². The Balaban J connectivity index is 2.38. The summed E-state index contributed by atoms with van der Waals surface area (Å²) in [7, 11) is -3.24. The van der Waals surface area contributed by atoms with Crippen molar-refractivity contribution in [1.82, 2.24) is 0 Å². The molecule has 3 atom stereocenters. The highest BCUT2D eigenvalue weighted by molar-refractivity contribution is 7.92. The van der Waals surface area contributed by atoms with Gasteiger partial charge >= 0.3 is 0 Å². The lowest BCUT2D eigenvalue weighted by atomic mass is 10.00. The van der Waals surface area contributed by atoms with Crippen LogP contribution in [0, 0.1) is 11.2 Å². The number of hydrogen-bond donors (Lipinski definition) is 1. The molecular formula is C15H22FNO3S. The van der Waals surface area contributed by atoms with Crippen LogP contribution in [0.4, 0.5) is 4.39 Å². The number of hydrogen-bond acceptors (Lipinski definition) is 4. The van der Waals surface area contributed by atoms with Gasteiger partial charge in [0, 0.05) is 30.2 Å². The normalized spacial score (nSPS) is 28.6. The Morgan fingerprint density at radius 2 is 1.90 bits per heavy atom. The molecule has 0 bridgehead atoms. The van der Waals surface area contributed by atoms with Gasteiger partial charge in [-0.3, -0.25) is 0 Å². The molecule has 0 unspecified atom stereocenters. The summed E-state index contributed by atoms with van der Waals surface area (Å²) in [6.45, 7) is 4.56. The third-order valence-electron chi connectivity index (χ3n) is 4.35. The second-order valence-corrected chi connectivity index (χ2v) is 7.89. The van der Waals surface area contributed by atoms with E-state index in [1.165, 1.54) is 12.1 Å².